The van der Waals surface area contributed by atoms with E-state index in [1.807, 2.05) is 31.2 Å². The van der Waals surface area contributed by atoms with Gasteiger partial charge < -0.3 is 14.6 Å². The first-order valence-electron chi connectivity index (χ1n) is 12.6. The monoisotopic (exact) mass is 487 g/mol. The van der Waals surface area contributed by atoms with Crippen molar-refractivity contribution in [1.29, 1.82) is 0 Å². The second-order valence-electron chi connectivity index (χ2n) is 10.4. The van der Waals surface area contributed by atoms with Crippen molar-refractivity contribution >= 4 is 6.09 Å². The second-order valence-corrected chi connectivity index (χ2v) is 10.4. The van der Waals surface area contributed by atoms with Crippen LogP contribution in [-0.4, -0.2) is 53.6 Å². The number of ether oxygens (including phenoxy) is 2. The fourth-order valence-corrected chi connectivity index (χ4v) is 6.40. The van der Waals surface area contributed by atoms with E-state index in [1.165, 1.54) is 34.4 Å². The van der Waals surface area contributed by atoms with Gasteiger partial charge in [-0.2, -0.15) is 0 Å². The molecule has 2 saturated heterocycles. The van der Waals surface area contributed by atoms with Crippen molar-refractivity contribution in [2.45, 2.75) is 49.8 Å². The predicted octanol–water partition coefficient (Wildman–Crippen LogP) is 5.22. The zero-order chi connectivity index (χ0) is 24.9. The number of halogens is 1. The van der Waals surface area contributed by atoms with Gasteiger partial charge in [-0.05, 0) is 65.3 Å². The molecule has 1 aliphatic carbocycles. The number of benzene rings is 3. The molecule has 3 aliphatic rings. The van der Waals surface area contributed by atoms with E-state index in [4.69, 9.17) is 9.47 Å². The van der Waals surface area contributed by atoms with Gasteiger partial charge in [0.25, 0.3) is 0 Å². The van der Waals surface area contributed by atoms with E-state index in [0.29, 0.717) is 32.5 Å². The number of hydrogen-bond acceptors (Lipinski definition) is 4. The molecule has 3 aromatic rings. The van der Waals surface area contributed by atoms with Gasteiger partial charge >= 0.3 is 6.09 Å². The van der Waals surface area contributed by atoms with Gasteiger partial charge in [-0.3, -0.25) is 4.90 Å². The number of aryl methyl sites for hydroxylation is 1. The van der Waals surface area contributed by atoms with Crippen molar-refractivity contribution in [2.24, 2.45) is 0 Å². The Labute approximate surface area is 210 Å². The highest BCUT2D eigenvalue weighted by molar-refractivity contribution is 5.79. The second kappa shape index (κ2) is 9.02. The number of morpholine rings is 1. The van der Waals surface area contributed by atoms with Crippen LogP contribution in [0.2, 0.25) is 0 Å². The van der Waals surface area contributed by atoms with Crippen molar-refractivity contribution in [3.05, 3.63) is 94.8 Å². The Bertz CT molecular complexity index is 1250. The van der Waals surface area contributed by atoms with E-state index in [-0.39, 0.29) is 36.5 Å². The third-order valence-corrected chi connectivity index (χ3v) is 8.01. The lowest BCUT2D eigenvalue weighted by Crippen LogP contribution is -2.64. The summed E-state index contributed by atoms with van der Waals surface area (Å²) in [5, 5.41) is 11.5. The van der Waals surface area contributed by atoms with Crippen molar-refractivity contribution < 1.29 is 23.8 Å². The first-order chi connectivity index (χ1) is 17.4. The molecule has 2 unspecified atom stereocenters. The van der Waals surface area contributed by atoms with Crippen LogP contribution in [0.3, 0.4) is 0 Å². The van der Waals surface area contributed by atoms with E-state index in [2.05, 4.69) is 24.3 Å². The van der Waals surface area contributed by atoms with Gasteiger partial charge in [0.1, 0.15) is 12.4 Å². The number of nitrogens with zero attached hydrogens (tertiary/aromatic N) is 1. The zero-order valence-corrected chi connectivity index (χ0v) is 20.3. The summed E-state index contributed by atoms with van der Waals surface area (Å²) < 4.78 is 25.3. The fourth-order valence-electron chi connectivity index (χ4n) is 6.40. The highest BCUT2D eigenvalue weighted by Gasteiger charge is 2.49. The number of rotatable bonds is 4. The minimum absolute atomic E-state index is 0.000569. The summed E-state index contributed by atoms with van der Waals surface area (Å²) in [5.74, 6) is -0.279. The molecule has 2 aliphatic heterocycles. The molecule has 1 amide bonds. The number of amides is 1. The molecule has 36 heavy (non-hydrogen) atoms. The van der Waals surface area contributed by atoms with Gasteiger partial charge in [0.2, 0.25) is 0 Å². The maximum absolute atomic E-state index is 13.6. The van der Waals surface area contributed by atoms with Crippen LogP contribution in [0.15, 0.2) is 66.7 Å². The molecule has 3 aromatic carbocycles. The van der Waals surface area contributed by atoms with Crippen molar-refractivity contribution in [2.75, 3.05) is 19.8 Å². The number of carbonyl (C=O) groups is 1. The summed E-state index contributed by atoms with van der Waals surface area (Å²) in [5.41, 5.74) is 5.51. The van der Waals surface area contributed by atoms with E-state index in [1.54, 1.807) is 11.0 Å². The third-order valence-electron chi connectivity index (χ3n) is 8.01. The molecule has 6 heteroatoms. The largest absolute Gasteiger partial charge is 0.448 e. The molecule has 5 nitrogen and oxygen atoms in total. The van der Waals surface area contributed by atoms with Crippen LogP contribution in [-0.2, 0) is 15.9 Å². The molecule has 2 bridgehead atoms. The van der Waals surface area contributed by atoms with E-state index in [0.717, 1.165) is 11.1 Å². The van der Waals surface area contributed by atoms with Gasteiger partial charge in [0, 0.05) is 12.3 Å². The molecule has 2 atom stereocenters. The van der Waals surface area contributed by atoms with Crippen molar-refractivity contribution in [3.63, 3.8) is 0 Å². The number of fused-ring (bicyclic) bond motifs is 5. The molecular weight excluding hydrogens is 457 g/mol. The van der Waals surface area contributed by atoms with Crippen LogP contribution in [0.4, 0.5) is 9.18 Å². The third kappa shape index (κ3) is 4.08. The summed E-state index contributed by atoms with van der Waals surface area (Å²) in [7, 11) is 0. The molecule has 0 aromatic heterocycles. The Morgan fingerprint density at radius 2 is 1.64 bits per heavy atom. The van der Waals surface area contributed by atoms with Crippen molar-refractivity contribution in [3.8, 4) is 11.1 Å². The summed E-state index contributed by atoms with van der Waals surface area (Å²) >= 11 is 0. The van der Waals surface area contributed by atoms with Gasteiger partial charge in [0.15, 0.2) is 0 Å². The average Bonchev–Trinajstić information content (AvgIpc) is 3.17. The maximum Gasteiger partial charge on any atom is 0.410 e. The average molecular weight is 488 g/mol. The Hall–Kier alpha value is -3.22. The molecule has 1 N–H and O–H groups in total. The predicted molar refractivity (Wildman–Crippen MR) is 134 cm³/mol. The van der Waals surface area contributed by atoms with Crippen LogP contribution in [0.5, 0.6) is 0 Å². The molecule has 186 valence electrons. The summed E-state index contributed by atoms with van der Waals surface area (Å²) in [6.45, 7) is 2.86. The van der Waals surface area contributed by atoms with Gasteiger partial charge in [-0.15, -0.1) is 0 Å². The Morgan fingerprint density at radius 1 is 1.03 bits per heavy atom. The lowest BCUT2D eigenvalue weighted by molar-refractivity contribution is -0.132. The van der Waals surface area contributed by atoms with E-state index < -0.39 is 5.60 Å². The Morgan fingerprint density at radius 3 is 2.25 bits per heavy atom. The minimum Gasteiger partial charge on any atom is -0.448 e. The molecule has 0 spiro atoms. The minimum atomic E-state index is -0.984. The molecule has 6 rings (SSSR count). The Kier molecular flexibility index (Phi) is 5.81. The van der Waals surface area contributed by atoms with Crippen LogP contribution >= 0.6 is 0 Å². The summed E-state index contributed by atoms with van der Waals surface area (Å²) in [4.78, 5) is 15.2. The highest BCUT2D eigenvalue weighted by Crippen LogP contribution is 2.45. The van der Waals surface area contributed by atoms with Crippen LogP contribution < -0.4 is 0 Å². The number of carbonyl (C=O) groups excluding carboxylic acids is 1. The first-order valence-corrected chi connectivity index (χ1v) is 12.6. The van der Waals surface area contributed by atoms with Crippen molar-refractivity contribution in [1.82, 2.24) is 4.90 Å². The lowest BCUT2D eigenvalue weighted by atomic mass is 9.77. The smallest absolute Gasteiger partial charge is 0.410 e. The summed E-state index contributed by atoms with van der Waals surface area (Å²) in [6, 6.07) is 20.7. The van der Waals surface area contributed by atoms with Crippen LogP contribution in [0, 0.1) is 12.7 Å². The zero-order valence-electron chi connectivity index (χ0n) is 20.3. The molecular formula is C30H30FNO4. The number of piperidine rings is 1. The SMILES string of the molecule is Cc1cc(F)ccc1CC1(O)CC2COCC(C1)N2C(=O)OCC1c2ccccc2-c2ccccc21. The highest BCUT2D eigenvalue weighted by atomic mass is 19.1. The van der Waals surface area contributed by atoms with E-state index in [9.17, 15) is 14.3 Å². The topological polar surface area (TPSA) is 59.0 Å². The van der Waals surface area contributed by atoms with Gasteiger partial charge in [-0.25, -0.2) is 9.18 Å². The molecule has 0 saturated carbocycles. The standard InChI is InChI=1S/C30H30FNO4/c1-19-12-21(31)11-10-20(19)13-30(34)14-22-16-35-17-23(15-30)32(22)29(33)36-18-28-26-8-4-2-6-24(26)25-7-3-5-9-27(25)28/h2-12,22-23,28,34H,13-18H2,1H3. The summed E-state index contributed by atoms with van der Waals surface area (Å²) in [6.07, 6.45) is 0.856. The van der Waals surface area contributed by atoms with Crippen LogP contribution in [0.25, 0.3) is 11.1 Å². The van der Waals surface area contributed by atoms with Gasteiger partial charge in [-0.1, -0.05) is 54.6 Å². The lowest BCUT2D eigenvalue weighted by Gasteiger charge is -2.51. The molecule has 2 fully saturated rings. The van der Waals surface area contributed by atoms with Crippen LogP contribution in [0.1, 0.15) is 41.0 Å². The number of aliphatic hydroxyl groups is 1. The molecule has 2 heterocycles. The quantitative estimate of drug-likeness (QED) is 0.548. The normalized spacial score (nSPS) is 24.8. The molecule has 0 radical (unpaired) electrons. The Balaban J connectivity index is 1.17. The number of hydrogen-bond donors (Lipinski definition) is 1. The van der Waals surface area contributed by atoms with Gasteiger partial charge in [0.05, 0.1) is 30.9 Å². The van der Waals surface area contributed by atoms with E-state index >= 15 is 0 Å². The maximum atomic E-state index is 13.6. The first kappa shape index (κ1) is 23.2. The fraction of sp³-hybridized carbons (Fsp3) is 0.367.